The molecule has 0 radical (unpaired) electrons. The van der Waals surface area contributed by atoms with Gasteiger partial charge in [-0.05, 0) is 72.1 Å². The zero-order valence-corrected chi connectivity index (χ0v) is 18.3. The van der Waals surface area contributed by atoms with E-state index in [0.717, 1.165) is 38.5 Å². The molecular weight excluding hydrogens is 376 g/mol. The van der Waals surface area contributed by atoms with Crippen LogP contribution in [0.3, 0.4) is 0 Å². The third-order valence-corrected chi connectivity index (χ3v) is 5.43. The Morgan fingerprint density at radius 2 is 1.24 bits per heavy atom. The Balaban J connectivity index is 0.000000291. The predicted octanol–water partition coefficient (Wildman–Crippen LogP) is 3.57. The Morgan fingerprint density at radius 3 is 1.69 bits per heavy atom. The molecule has 0 saturated heterocycles. The predicted molar refractivity (Wildman–Crippen MR) is 108 cm³/mol. The largest absolute Gasteiger partial charge is 0.481 e. The molecule has 2 saturated carbocycles. The molecule has 0 aromatic rings. The molecule has 4 atom stereocenters. The Labute approximate surface area is 174 Å². The van der Waals surface area contributed by atoms with E-state index in [1.807, 2.05) is 13.8 Å². The second-order valence-electron chi connectivity index (χ2n) is 8.78. The van der Waals surface area contributed by atoms with E-state index in [-0.39, 0.29) is 48.5 Å². The Hall–Kier alpha value is -1.63. The number of aliphatic carboxylic acids is 1. The summed E-state index contributed by atoms with van der Waals surface area (Å²) in [5, 5.41) is 17.9. The summed E-state index contributed by atoms with van der Waals surface area (Å²) >= 11 is 0. The SMILES string of the molecule is CC(C)OC(=O)[C@@H]1CCC[C@H](C(=O)O)C1.CC(C)OC(=O)[C@@H]1CCC[C@H](CO)C1. The summed E-state index contributed by atoms with van der Waals surface area (Å²) in [6.45, 7) is 7.53. The van der Waals surface area contributed by atoms with E-state index in [9.17, 15) is 14.4 Å². The van der Waals surface area contributed by atoms with Crippen LogP contribution in [-0.4, -0.2) is 46.9 Å². The van der Waals surface area contributed by atoms with Crippen LogP contribution in [0.15, 0.2) is 0 Å². The summed E-state index contributed by atoms with van der Waals surface area (Å²) in [4.78, 5) is 33.9. The number of ether oxygens (including phenoxy) is 2. The van der Waals surface area contributed by atoms with Crippen LogP contribution < -0.4 is 0 Å². The summed E-state index contributed by atoms with van der Waals surface area (Å²) in [6.07, 6.45) is 6.31. The molecular formula is C22H38O7. The molecule has 7 nitrogen and oxygen atoms in total. The number of carbonyl (C=O) groups is 3. The van der Waals surface area contributed by atoms with Crippen molar-refractivity contribution in [3.8, 4) is 0 Å². The van der Waals surface area contributed by atoms with Crippen LogP contribution in [0.25, 0.3) is 0 Å². The number of hydrogen-bond donors (Lipinski definition) is 2. The lowest BCUT2D eigenvalue weighted by atomic mass is 9.81. The first-order valence-corrected chi connectivity index (χ1v) is 10.9. The minimum Gasteiger partial charge on any atom is -0.481 e. The number of hydrogen-bond acceptors (Lipinski definition) is 6. The van der Waals surface area contributed by atoms with Crippen molar-refractivity contribution < 1.29 is 34.1 Å². The molecule has 0 amide bonds. The summed E-state index contributed by atoms with van der Waals surface area (Å²) in [7, 11) is 0. The van der Waals surface area contributed by atoms with E-state index in [1.165, 1.54) is 0 Å². The molecule has 2 rings (SSSR count). The fourth-order valence-electron chi connectivity index (χ4n) is 3.96. The quantitative estimate of drug-likeness (QED) is 0.639. The van der Waals surface area contributed by atoms with Crippen LogP contribution in [0.5, 0.6) is 0 Å². The molecule has 0 aliphatic heterocycles. The van der Waals surface area contributed by atoms with E-state index >= 15 is 0 Å². The average Bonchev–Trinajstić information content (AvgIpc) is 2.67. The maximum Gasteiger partial charge on any atom is 0.309 e. The van der Waals surface area contributed by atoms with Crippen LogP contribution in [-0.2, 0) is 23.9 Å². The summed E-state index contributed by atoms with van der Waals surface area (Å²) < 4.78 is 10.2. The van der Waals surface area contributed by atoms with Crippen molar-refractivity contribution in [2.24, 2.45) is 23.7 Å². The first-order valence-electron chi connectivity index (χ1n) is 10.9. The van der Waals surface area contributed by atoms with E-state index < -0.39 is 5.97 Å². The first kappa shape index (κ1) is 25.4. The number of carbonyl (C=O) groups excluding carboxylic acids is 2. The van der Waals surface area contributed by atoms with Crippen molar-refractivity contribution in [1.29, 1.82) is 0 Å². The van der Waals surface area contributed by atoms with Crippen molar-refractivity contribution in [1.82, 2.24) is 0 Å². The molecule has 2 N–H and O–H groups in total. The smallest absolute Gasteiger partial charge is 0.309 e. The van der Waals surface area contributed by atoms with Gasteiger partial charge in [0.15, 0.2) is 0 Å². The molecule has 7 heteroatoms. The number of carboxylic acid groups (broad SMARTS) is 1. The monoisotopic (exact) mass is 414 g/mol. The Bertz CT molecular complexity index is 529. The van der Waals surface area contributed by atoms with Crippen molar-refractivity contribution in [2.45, 2.75) is 91.3 Å². The van der Waals surface area contributed by atoms with E-state index in [1.54, 1.807) is 13.8 Å². The summed E-state index contributed by atoms with van der Waals surface area (Å²) in [5.74, 6) is -1.39. The molecule has 0 heterocycles. The van der Waals surface area contributed by atoms with Crippen LogP contribution in [0.4, 0.5) is 0 Å². The van der Waals surface area contributed by atoms with Crippen LogP contribution in [0.1, 0.15) is 79.1 Å². The molecule has 2 aliphatic rings. The van der Waals surface area contributed by atoms with Gasteiger partial charge in [-0.25, -0.2) is 0 Å². The molecule has 0 bridgehead atoms. The highest BCUT2D eigenvalue weighted by atomic mass is 16.5. The standard InChI is InChI=1S/C11H18O4.C11H20O3/c1-7(2)15-11(14)9-5-3-4-8(6-9)10(12)13;1-8(2)14-11(13)10-5-3-4-9(6-10)7-12/h7-9H,3-6H2,1-2H3,(H,12,13);8-10,12H,3-7H2,1-2H3/t8-,9+;9-,10+/m00/s1. The van der Waals surface area contributed by atoms with Gasteiger partial charge in [-0.1, -0.05) is 12.8 Å². The van der Waals surface area contributed by atoms with Gasteiger partial charge in [0.25, 0.3) is 0 Å². The number of aliphatic hydroxyl groups is 1. The molecule has 0 aromatic heterocycles. The van der Waals surface area contributed by atoms with E-state index in [4.69, 9.17) is 19.7 Å². The van der Waals surface area contributed by atoms with E-state index in [0.29, 0.717) is 18.8 Å². The van der Waals surface area contributed by atoms with Gasteiger partial charge in [0.05, 0.1) is 30.0 Å². The fourth-order valence-corrected chi connectivity index (χ4v) is 3.96. The Morgan fingerprint density at radius 1 is 0.793 bits per heavy atom. The number of esters is 2. The Kier molecular flexibility index (Phi) is 11.2. The minimum atomic E-state index is -0.794. The van der Waals surface area contributed by atoms with Gasteiger partial charge in [-0.2, -0.15) is 0 Å². The lowest BCUT2D eigenvalue weighted by Gasteiger charge is -2.26. The van der Waals surface area contributed by atoms with Gasteiger partial charge >= 0.3 is 17.9 Å². The number of rotatable bonds is 6. The minimum absolute atomic E-state index is 0.0169. The lowest BCUT2D eigenvalue weighted by molar-refractivity contribution is -0.156. The first-order chi connectivity index (χ1) is 13.6. The second kappa shape index (κ2) is 12.8. The zero-order chi connectivity index (χ0) is 22.0. The molecule has 29 heavy (non-hydrogen) atoms. The topological polar surface area (TPSA) is 110 Å². The fraction of sp³-hybridized carbons (Fsp3) is 0.864. The summed E-state index contributed by atoms with van der Waals surface area (Å²) in [6, 6.07) is 0. The molecule has 2 fully saturated rings. The molecule has 0 unspecified atom stereocenters. The highest BCUT2D eigenvalue weighted by Gasteiger charge is 2.32. The highest BCUT2D eigenvalue weighted by molar-refractivity contribution is 5.75. The zero-order valence-electron chi connectivity index (χ0n) is 18.3. The van der Waals surface area contributed by atoms with Crippen LogP contribution >= 0.6 is 0 Å². The van der Waals surface area contributed by atoms with Crippen LogP contribution in [0.2, 0.25) is 0 Å². The van der Waals surface area contributed by atoms with Crippen molar-refractivity contribution in [2.75, 3.05) is 6.61 Å². The normalized spacial score (nSPS) is 27.0. The molecule has 0 spiro atoms. The second-order valence-corrected chi connectivity index (χ2v) is 8.78. The van der Waals surface area contributed by atoms with Gasteiger partial charge < -0.3 is 19.7 Å². The maximum atomic E-state index is 11.6. The van der Waals surface area contributed by atoms with Gasteiger partial charge in [-0.15, -0.1) is 0 Å². The lowest BCUT2D eigenvalue weighted by Crippen LogP contribution is -2.29. The number of carboxylic acids is 1. The number of aliphatic hydroxyl groups excluding tert-OH is 1. The highest BCUT2D eigenvalue weighted by Crippen LogP contribution is 2.31. The third kappa shape index (κ3) is 9.61. The van der Waals surface area contributed by atoms with Gasteiger partial charge in [0, 0.05) is 6.61 Å². The van der Waals surface area contributed by atoms with Crippen molar-refractivity contribution in [3.05, 3.63) is 0 Å². The van der Waals surface area contributed by atoms with Crippen LogP contribution in [0, 0.1) is 23.7 Å². The molecule has 0 aromatic carbocycles. The third-order valence-electron chi connectivity index (χ3n) is 5.43. The summed E-state index contributed by atoms with van der Waals surface area (Å²) in [5.41, 5.74) is 0. The van der Waals surface area contributed by atoms with Gasteiger partial charge in [-0.3, -0.25) is 14.4 Å². The van der Waals surface area contributed by atoms with Crippen molar-refractivity contribution >= 4 is 17.9 Å². The van der Waals surface area contributed by atoms with E-state index in [2.05, 4.69) is 0 Å². The van der Waals surface area contributed by atoms with Crippen molar-refractivity contribution in [3.63, 3.8) is 0 Å². The molecule has 168 valence electrons. The maximum absolute atomic E-state index is 11.6. The molecule has 2 aliphatic carbocycles. The average molecular weight is 415 g/mol. The van der Waals surface area contributed by atoms with Gasteiger partial charge in [0.2, 0.25) is 0 Å². The van der Waals surface area contributed by atoms with Gasteiger partial charge in [0.1, 0.15) is 0 Å².